The lowest BCUT2D eigenvalue weighted by Crippen LogP contribution is -2.50. The van der Waals surface area contributed by atoms with E-state index in [1.54, 1.807) is 0 Å². The molecule has 1 saturated heterocycles. The molecule has 2 fully saturated rings. The summed E-state index contributed by atoms with van der Waals surface area (Å²) in [6.45, 7) is 1.96. The van der Waals surface area contributed by atoms with E-state index in [0.717, 1.165) is 42.6 Å². The molecule has 1 aliphatic heterocycles. The second-order valence-electron chi connectivity index (χ2n) is 8.30. The Morgan fingerprint density at radius 2 is 1.96 bits per heavy atom. The van der Waals surface area contributed by atoms with Gasteiger partial charge in [0.2, 0.25) is 5.91 Å². The second kappa shape index (κ2) is 6.98. The van der Waals surface area contributed by atoms with E-state index in [0.29, 0.717) is 18.8 Å². The highest BCUT2D eigenvalue weighted by molar-refractivity contribution is 6.09. The topological polar surface area (TPSA) is 78.5 Å². The van der Waals surface area contributed by atoms with Gasteiger partial charge in [-0.3, -0.25) is 14.5 Å². The van der Waals surface area contributed by atoms with Crippen molar-refractivity contribution in [2.24, 2.45) is 5.92 Å². The van der Waals surface area contributed by atoms with Gasteiger partial charge in [0.25, 0.3) is 5.91 Å². The molecule has 4 amide bonds. The molecule has 144 valence electrons. The molecule has 1 atom stereocenters. The molecule has 27 heavy (non-hydrogen) atoms. The van der Waals surface area contributed by atoms with Crippen LogP contribution in [0.3, 0.4) is 0 Å². The van der Waals surface area contributed by atoms with Crippen molar-refractivity contribution in [1.82, 2.24) is 15.5 Å². The lowest BCUT2D eigenvalue weighted by molar-refractivity contribution is -0.136. The summed E-state index contributed by atoms with van der Waals surface area (Å²) in [5, 5.41) is 5.90. The summed E-state index contributed by atoms with van der Waals surface area (Å²) in [5.41, 5.74) is 1.62. The molecular formula is C21H27N3O3. The molecule has 1 spiro atoms. The molecule has 1 saturated carbocycles. The highest BCUT2D eigenvalue weighted by Gasteiger charge is 2.52. The summed E-state index contributed by atoms with van der Waals surface area (Å²) < 4.78 is 0. The van der Waals surface area contributed by atoms with Crippen molar-refractivity contribution in [1.29, 1.82) is 0 Å². The molecule has 3 aliphatic rings. The second-order valence-corrected chi connectivity index (χ2v) is 8.30. The number of hydrogen-bond acceptors (Lipinski definition) is 3. The van der Waals surface area contributed by atoms with Crippen LogP contribution in [-0.2, 0) is 16.0 Å². The monoisotopic (exact) mass is 369 g/mol. The number of aryl methyl sites for hydroxylation is 1. The fourth-order valence-corrected chi connectivity index (χ4v) is 4.70. The van der Waals surface area contributed by atoms with E-state index in [1.165, 1.54) is 5.56 Å². The summed E-state index contributed by atoms with van der Waals surface area (Å²) >= 11 is 0. The van der Waals surface area contributed by atoms with E-state index in [1.807, 2.05) is 18.2 Å². The molecule has 0 aromatic heterocycles. The van der Waals surface area contributed by atoms with Crippen molar-refractivity contribution >= 4 is 17.8 Å². The third-order valence-electron chi connectivity index (χ3n) is 6.38. The molecule has 1 aromatic rings. The molecule has 2 N–H and O–H groups in total. The SMILES string of the molecule is CC1CCC2(CC1)NC(=O)N(CC(=O)N[C@@H]1CCCc3ccccc31)C2=O. The van der Waals surface area contributed by atoms with Gasteiger partial charge in [0.15, 0.2) is 0 Å². The number of rotatable bonds is 3. The number of nitrogens with zero attached hydrogens (tertiary/aromatic N) is 1. The Balaban J connectivity index is 1.42. The molecule has 2 aliphatic carbocycles. The number of hydrogen-bond donors (Lipinski definition) is 2. The predicted octanol–water partition coefficient (Wildman–Crippen LogP) is 2.68. The third-order valence-corrected chi connectivity index (χ3v) is 6.38. The number of carbonyl (C=O) groups excluding carboxylic acids is 3. The van der Waals surface area contributed by atoms with Gasteiger partial charge < -0.3 is 10.6 Å². The zero-order chi connectivity index (χ0) is 19.0. The zero-order valence-electron chi connectivity index (χ0n) is 15.8. The van der Waals surface area contributed by atoms with Gasteiger partial charge in [-0.15, -0.1) is 0 Å². The van der Waals surface area contributed by atoms with Crippen LogP contribution in [0.2, 0.25) is 0 Å². The van der Waals surface area contributed by atoms with E-state index >= 15 is 0 Å². The van der Waals surface area contributed by atoms with Crippen LogP contribution in [0.25, 0.3) is 0 Å². The van der Waals surface area contributed by atoms with Crippen LogP contribution < -0.4 is 10.6 Å². The highest BCUT2D eigenvalue weighted by atomic mass is 16.2. The normalized spacial score (nSPS) is 30.2. The third kappa shape index (κ3) is 3.33. The van der Waals surface area contributed by atoms with Crippen LogP contribution in [0.5, 0.6) is 0 Å². The minimum atomic E-state index is -0.790. The van der Waals surface area contributed by atoms with Crippen molar-refractivity contribution < 1.29 is 14.4 Å². The lowest BCUT2D eigenvalue weighted by Gasteiger charge is -2.33. The molecule has 6 heteroatoms. The maximum absolute atomic E-state index is 12.9. The molecule has 0 unspecified atom stereocenters. The van der Waals surface area contributed by atoms with Crippen LogP contribution in [0.4, 0.5) is 4.79 Å². The molecule has 4 rings (SSSR count). The van der Waals surface area contributed by atoms with Crippen molar-refractivity contribution in [3.05, 3.63) is 35.4 Å². The minimum Gasteiger partial charge on any atom is -0.348 e. The number of imide groups is 1. The van der Waals surface area contributed by atoms with Crippen molar-refractivity contribution in [2.45, 2.75) is 63.5 Å². The first-order valence-corrected chi connectivity index (χ1v) is 10.00. The summed E-state index contributed by atoms with van der Waals surface area (Å²) in [6.07, 6.45) is 6.09. The predicted molar refractivity (Wildman–Crippen MR) is 101 cm³/mol. The Morgan fingerprint density at radius 1 is 1.22 bits per heavy atom. The maximum Gasteiger partial charge on any atom is 0.325 e. The van der Waals surface area contributed by atoms with Crippen LogP contribution in [0.15, 0.2) is 24.3 Å². The number of fused-ring (bicyclic) bond motifs is 1. The van der Waals surface area contributed by atoms with E-state index < -0.39 is 11.6 Å². The maximum atomic E-state index is 12.9. The van der Waals surface area contributed by atoms with Crippen molar-refractivity contribution in [3.8, 4) is 0 Å². The van der Waals surface area contributed by atoms with Crippen LogP contribution >= 0.6 is 0 Å². The Hall–Kier alpha value is -2.37. The number of benzene rings is 1. The summed E-state index contributed by atoms with van der Waals surface area (Å²) in [7, 11) is 0. The van der Waals surface area contributed by atoms with Gasteiger partial charge in [-0.1, -0.05) is 31.2 Å². The average Bonchev–Trinajstić information content (AvgIpc) is 2.89. The van der Waals surface area contributed by atoms with Crippen LogP contribution in [0.1, 0.15) is 62.6 Å². The Kier molecular flexibility index (Phi) is 4.66. The van der Waals surface area contributed by atoms with Gasteiger partial charge >= 0.3 is 6.03 Å². The number of urea groups is 1. The van der Waals surface area contributed by atoms with Gasteiger partial charge in [0.1, 0.15) is 12.1 Å². The fraction of sp³-hybridized carbons (Fsp3) is 0.571. The van der Waals surface area contributed by atoms with E-state index in [9.17, 15) is 14.4 Å². The van der Waals surface area contributed by atoms with Gasteiger partial charge in [0, 0.05) is 0 Å². The van der Waals surface area contributed by atoms with Gasteiger partial charge in [-0.25, -0.2) is 4.79 Å². The first kappa shape index (κ1) is 18.0. The number of nitrogens with one attached hydrogen (secondary N) is 2. The minimum absolute atomic E-state index is 0.0484. The Bertz CT molecular complexity index is 768. The summed E-state index contributed by atoms with van der Waals surface area (Å²) in [4.78, 5) is 39.0. The molecule has 1 aromatic carbocycles. The zero-order valence-corrected chi connectivity index (χ0v) is 15.8. The first-order chi connectivity index (χ1) is 13.0. The lowest BCUT2D eigenvalue weighted by atomic mass is 9.77. The Labute approximate surface area is 159 Å². The largest absolute Gasteiger partial charge is 0.348 e. The number of amides is 4. The van der Waals surface area contributed by atoms with E-state index in [2.05, 4.69) is 23.6 Å². The van der Waals surface area contributed by atoms with E-state index in [4.69, 9.17) is 0 Å². The van der Waals surface area contributed by atoms with Crippen molar-refractivity contribution in [2.75, 3.05) is 6.54 Å². The Morgan fingerprint density at radius 3 is 2.74 bits per heavy atom. The van der Waals surface area contributed by atoms with E-state index in [-0.39, 0.29) is 24.4 Å². The van der Waals surface area contributed by atoms with Gasteiger partial charge in [0.05, 0.1) is 6.04 Å². The number of carbonyl (C=O) groups is 3. The highest BCUT2D eigenvalue weighted by Crippen LogP contribution is 2.36. The van der Waals surface area contributed by atoms with Crippen molar-refractivity contribution in [3.63, 3.8) is 0 Å². The summed E-state index contributed by atoms with van der Waals surface area (Å²) in [5.74, 6) is 0.0593. The van der Waals surface area contributed by atoms with Gasteiger partial charge in [-0.05, 0) is 62.0 Å². The standard InChI is InChI=1S/C21H27N3O3/c1-14-9-11-21(12-10-14)19(26)24(20(27)23-21)13-18(25)22-17-8-4-6-15-5-2-3-7-16(15)17/h2-3,5,7,14,17H,4,6,8-13H2,1H3,(H,22,25)(H,23,27)/t14?,17-,21?/m1/s1. The molecule has 6 nitrogen and oxygen atoms in total. The quantitative estimate of drug-likeness (QED) is 0.804. The molecular weight excluding hydrogens is 342 g/mol. The van der Waals surface area contributed by atoms with Crippen LogP contribution in [0, 0.1) is 5.92 Å². The molecule has 0 bridgehead atoms. The van der Waals surface area contributed by atoms with Crippen LogP contribution in [-0.4, -0.2) is 34.8 Å². The molecule has 1 heterocycles. The summed E-state index contributed by atoms with van der Waals surface area (Å²) in [6, 6.07) is 7.65. The average molecular weight is 369 g/mol. The molecule has 0 radical (unpaired) electrons. The fourth-order valence-electron chi connectivity index (χ4n) is 4.70. The van der Waals surface area contributed by atoms with Gasteiger partial charge in [-0.2, -0.15) is 0 Å². The first-order valence-electron chi connectivity index (χ1n) is 10.00. The smallest absolute Gasteiger partial charge is 0.325 e.